The van der Waals surface area contributed by atoms with Crippen LogP contribution in [0.5, 0.6) is 0 Å². The zero-order chi connectivity index (χ0) is 30.1. The molecule has 2 aromatic heterocycles. The van der Waals surface area contributed by atoms with Crippen LogP contribution < -0.4 is 0 Å². The molecule has 0 spiro atoms. The zero-order valence-electron chi connectivity index (χ0n) is 24.8. The van der Waals surface area contributed by atoms with Gasteiger partial charge < -0.3 is 4.57 Å². The van der Waals surface area contributed by atoms with Crippen molar-refractivity contribution in [3.63, 3.8) is 0 Å². The smallest absolute Gasteiger partial charge is 0.188 e. The predicted molar refractivity (Wildman–Crippen MR) is 189 cm³/mol. The molecule has 212 valence electrons. The van der Waals surface area contributed by atoms with Crippen LogP contribution in [-0.2, 0) is 6.54 Å². The highest BCUT2D eigenvalue weighted by Crippen LogP contribution is 2.40. The molecule has 0 unspecified atom stereocenters. The molecule has 45 heavy (non-hydrogen) atoms. The SMILES string of the molecule is [C-]#[N+]c1ccc2c(c1)c1cc(-c3ccc4c5ccccc5c5ccccc5c4c3)ccc1n2-c1ccc2c(cnn2CCC)c1. The van der Waals surface area contributed by atoms with E-state index in [0.717, 1.165) is 56.9 Å². The van der Waals surface area contributed by atoms with Gasteiger partial charge in [-0.15, -0.1) is 0 Å². The number of benzene rings is 7. The molecule has 0 radical (unpaired) electrons. The number of aryl methyl sites for hydroxylation is 1. The van der Waals surface area contributed by atoms with Gasteiger partial charge in [-0.3, -0.25) is 4.68 Å². The van der Waals surface area contributed by atoms with Crippen molar-refractivity contribution in [3.05, 3.63) is 139 Å². The van der Waals surface area contributed by atoms with E-state index in [1.54, 1.807) is 0 Å². The van der Waals surface area contributed by atoms with Gasteiger partial charge in [0.1, 0.15) is 0 Å². The Morgan fingerprint density at radius 1 is 0.578 bits per heavy atom. The van der Waals surface area contributed by atoms with E-state index < -0.39 is 0 Å². The molecule has 4 nitrogen and oxygen atoms in total. The normalized spacial score (nSPS) is 11.8. The molecule has 7 aromatic carbocycles. The summed E-state index contributed by atoms with van der Waals surface area (Å²) in [7, 11) is 0. The van der Waals surface area contributed by atoms with E-state index in [1.807, 2.05) is 18.3 Å². The van der Waals surface area contributed by atoms with Crippen LogP contribution in [0.25, 0.3) is 86.7 Å². The van der Waals surface area contributed by atoms with E-state index >= 15 is 0 Å². The highest BCUT2D eigenvalue weighted by molar-refractivity contribution is 6.25. The van der Waals surface area contributed by atoms with Crippen LogP contribution in [0.1, 0.15) is 13.3 Å². The van der Waals surface area contributed by atoms with Crippen molar-refractivity contribution in [1.29, 1.82) is 0 Å². The van der Waals surface area contributed by atoms with Gasteiger partial charge in [-0.1, -0.05) is 79.7 Å². The minimum atomic E-state index is 0.646. The molecular formula is C41H28N4. The monoisotopic (exact) mass is 576 g/mol. The first kappa shape index (κ1) is 25.6. The average Bonchev–Trinajstić information content (AvgIpc) is 3.65. The third-order valence-corrected chi connectivity index (χ3v) is 9.27. The standard InChI is InChI=1S/C41H28N4/c1-3-20-44-39-19-15-30(21-28(39)25-43-44)45-40-17-13-27(23-37(40)38-24-29(42-2)14-18-41(38)45)26-12-16-35-33-10-5-4-8-31(33)32-9-6-7-11-34(32)36(35)22-26/h4-19,21-25H,3,20H2,1H3. The lowest BCUT2D eigenvalue weighted by Gasteiger charge is -2.12. The first-order valence-corrected chi connectivity index (χ1v) is 15.5. The molecule has 0 aliphatic rings. The summed E-state index contributed by atoms with van der Waals surface area (Å²) in [5.74, 6) is 0. The van der Waals surface area contributed by atoms with Crippen molar-refractivity contribution in [3.8, 4) is 16.8 Å². The van der Waals surface area contributed by atoms with Crippen molar-refractivity contribution in [2.75, 3.05) is 0 Å². The van der Waals surface area contributed by atoms with Crippen LogP contribution in [0.4, 0.5) is 5.69 Å². The van der Waals surface area contributed by atoms with Crippen molar-refractivity contribution < 1.29 is 0 Å². The van der Waals surface area contributed by atoms with Gasteiger partial charge in [-0.05, 0) is 104 Å². The Morgan fingerprint density at radius 3 is 1.84 bits per heavy atom. The van der Waals surface area contributed by atoms with Crippen LogP contribution in [0.3, 0.4) is 0 Å². The maximum absolute atomic E-state index is 7.71. The topological polar surface area (TPSA) is 27.1 Å². The molecule has 0 bridgehead atoms. The second-order valence-electron chi connectivity index (χ2n) is 11.8. The molecule has 0 saturated carbocycles. The highest BCUT2D eigenvalue weighted by Gasteiger charge is 2.16. The predicted octanol–water partition coefficient (Wildman–Crippen LogP) is 11.2. The fourth-order valence-electron chi connectivity index (χ4n) is 7.23. The Balaban J connectivity index is 1.27. The Hall–Kier alpha value is -5.92. The van der Waals surface area contributed by atoms with Gasteiger partial charge >= 0.3 is 0 Å². The summed E-state index contributed by atoms with van der Waals surface area (Å²) in [5.41, 5.74) is 7.43. The molecule has 9 aromatic rings. The van der Waals surface area contributed by atoms with Crippen LogP contribution >= 0.6 is 0 Å². The fourth-order valence-corrected chi connectivity index (χ4v) is 7.23. The van der Waals surface area contributed by atoms with Crippen molar-refractivity contribution in [1.82, 2.24) is 14.3 Å². The molecule has 9 rings (SSSR count). The molecule has 0 atom stereocenters. The van der Waals surface area contributed by atoms with E-state index in [4.69, 9.17) is 6.57 Å². The van der Waals surface area contributed by atoms with Crippen LogP contribution in [0, 0.1) is 6.57 Å². The molecule has 0 saturated heterocycles. The Kier molecular flexibility index (Phi) is 5.57. The average molecular weight is 577 g/mol. The summed E-state index contributed by atoms with van der Waals surface area (Å²) in [6.45, 7) is 10.8. The lowest BCUT2D eigenvalue weighted by Crippen LogP contribution is -1.98. The van der Waals surface area contributed by atoms with Gasteiger partial charge in [0.05, 0.1) is 29.3 Å². The number of hydrogen-bond acceptors (Lipinski definition) is 1. The zero-order valence-corrected chi connectivity index (χ0v) is 24.8. The first-order chi connectivity index (χ1) is 22.2. The minimum absolute atomic E-state index is 0.646. The molecule has 0 aliphatic heterocycles. The van der Waals surface area contributed by atoms with Gasteiger partial charge in [0.25, 0.3) is 0 Å². The summed E-state index contributed by atoms with van der Waals surface area (Å²) < 4.78 is 4.40. The van der Waals surface area contributed by atoms with E-state index in [-0.39, 0.29) is 0 Å². The Labute approximate surface area is 260 Å². The molecule has 0 N–H and O–H groups in total. The van der Waals surface area contributed by atoms with Crippen molar-refractivity contribution in [2.24, 2.45) is 0 Å². The van der Waals surface area contributed by atoms with Gasteiger partial charge in [0.2, 0.25) is 0 Å². The fraction of sp³-hybridized carbons (Fsp3) is 0.0732. The maximum atomic E-state index is 7.71. The van der Waals surface area contributed by atoms with Gasteiger partial charge in [0.15, 0.2) is 5.69 Å². The van der Waals surface area contributed by atoms with Crippen LogP contribution in [0.15, 0.2) is 128 Å². The Morgan fingerprint density at radius 2 is 1.16 bits per heavy atom. The third kappa shape index (κ3) is 3.81. The van der Waals surface area contributed by atoms with E-state index in [9.17, 15) is 0 Å². The lowest BCUT2D eigenvalue weighted by molar-refractivity contribution is 0.622. The molecule has 0 amide bonds. The Bertz CT molecular complexity index is 2650. The van der Waals surface area contributed by atoms with Crippen LogP contribution in [0.2, 0.25) is 0 Å². The van der Waals surface area contributed by atoms with Gasteiger partial charge in [0, 0.05) is 23.0 Å². The van der Waals surface area contributed by atoms with Crippen molar-refractivity contribution >= 4 is 70.7 Å². The number of rotatable bonds is 4. The lowest BCUT2D eigenvalue weighted by atomic mass is 9.92. The van der Waals surface area contributed by atoms with E-state index in [1.165, 1.54) is 37.9 Å². The van der Waals surface area contributed by atoms with E-state index in [0.29, 0.717) is 5.69 Å². The number of nitrogens with zero attached hydrogens (tertiary/aromatic N) is 4. The molecule has 2 heterocycles. The summed E-state index contributed by atoms with van der Waals surface area (Å²) >= 11 is 0. The summed E-state index contributed by atoms with van der Waals surface area (Å²) in [6, 6.07) is 43.7. The van der Waals surface area contributed by atoms with Crippen LogP contribution in [-0.4, -0.2) is 14.3 Å². The van der Waals surface area contributed by atoms with Crippen molar-refractivity contribution in [2.45, 2.75) is 19.9 Å². The van der Waals surface area contributed by atoms with Gasteiger partial charge in [-0.25, -0.2) is 4.85 Å². The first-order valence-electron chi connectivity index (χ1n) is 15.5. The minimum Gasteiger partial charge on any atom is -0.309 e. The second kappa shape index (κ2) is 9.80. The number of aromatic nitrogens is 3. The largest absolute Gasteiger partial charge is 0.309 e. The highest BCUT2D eigenvalue weighted by atomic mass is 15.3. The van der Waals surface area contributed by atoms with E-state index in [2.05, 4.69) is 135 Å². The third-order valence-electron chi connectivity index (χ3n) is 9.27. The quantitative estimate of drug-likeness (QED) is 0.151. The van der Waals surface area contributed by atoms with Gasteiger partial charge in [-0.2, -0.15) is 5.10 Å². The molecule has 0 aliphatic carbocycles. The maximum Gasteiger partial charge on any atom is 0.188 e. The summed E-state index contributed by atoms with van der Waals surface area (Å²) in [4.78, 5) is 3.77. The number of fused-ring (bicyclic) bond motifs is 10. The molecule has 0 fully saturated rings. The summed E-state index contributed by atoms with van der Waals surface area (Å²) in [6.07, 6.45) is 3.01. The molecular weight excluding hydrogens is 548 g/mol. The molecule has 4 heteroatoms. The second-order valence-corrected chi connectivity index (χ2v) is 11.8. The number of hydrogen-bond donors (Lipinski definition) is 0. The summed E-state index contributed by atoms with van der Waals surface area (Å²) in [5, 5.41) is 15.6.